The second kappa shape index (κ2) is 5.08. The summed E-state index contributed by atoms with van der Waals surface area (Å²) in [5.74, 6) is 2.14. The molecule has 4 aliphatic carbocycles. The number of aliphatic hydroxyl groups excluding tert-OH is 2. The predicted octanol–water partition coefficient (Wildman–Crippen LogP) is 4.11. The van der Waals surface area contributed by atoms with Gasteiger partial charge < -0.3 is 10.2 Å². The molecule has 24 heavy (non-hydrogen) atoms. The molecular formula is C22H32O2. The summed E-state index contributed by atoms with van der Waals surface area (Å²) in [7, 11) is 0. The van der Waals surface area contributed by atoms with Gasteiger partial charge in [0.15, 0.2) is 0 Å². The molecule has 0 aromatic carbocycles. The first-order valence-corrected chi connectivity index (χ1v) is 9.66. The lowest BCUT2D eigenvalue weighted by atomic mass is 9.45. The van der Waals surface area contributed by atoms with Crippen molar-refractivity contribution in [1.29, 1.82) is 0 Å². The molecular weight excluding hydrogens is 296 g/mol. The first-order chi connectivity index (χ1) is 11.4. The molecule has 6 atom stereocenters. The minimum atomic E-state index is 0.148. The topological polar surface area (TPSA) is 40.5 Å². The van der Waals surface area contributed by atoms with Crippen LogP contribution in [0.4, 0.5) is 0 Å². The Balaban J connectivity index is 1.89. The van der Waals surface area contributed by atoms with Gasteiger partial charge in [0.25, 0.3) is 0 Å². The summed E-state index contributed by atoms with van der Waals surface area (Å²) in [5, 5.41) is 19.3. The quantitative estimate of drug-likeness (QED) is 0.763. The molecule has 4 aliphatic rings. The Kier molecular flexibility index (Phi) is 3.51. The maximum Gasteiger partial charge on any atom is 0.0436 e. The molecule has 2 nitrogen and oxygen atoms in total. The van der Waals surface area contributed by atoms with Crippen molar-refractivity contribution in [2.24, 2.45) is 39.9 Å². The molecule has 1 spiro atoms. The molecule has 2 saturated carbocycles. The van der Waals surface area contributed by atoms with Crippen LogP contribution >= 0.6 is 0 Å². The molecule has 2 heteroatoms. The lowest BCUT2D eigenvalue weighted by Gasteiger charge is -2.59. The highest BCUT2D eigenvalue weighted by atomic mass is 16.3. The maximum absolute atomic E-state index is 9.64. The van der Waals surface area contributed by atoms with Crippen molar-refractivity contribution in [3.05, 3.63) is 36.0 Å². The maximum atomic E-state index is 9.64. The zero-order valence-corrected chi connectivity index (χ0v) is 15.4. The van der Waals surface area contributed by atoms with Gasteiger partial charge in [0.05, 0.1) is 0 Å². The Morgan fingerprint density at radius 3 is 2.54 bits per heavy atom. The first-order valence-electron chi connectivity index (χ1n) is 9.66. The van der Waals surface area contributed by atoms with E-state index < -0.39 is 0 Å². The molecule has 132 valence electrons. The van der Waals surface area contributed by atoms with Crippen molar-refractivity contribution in [3.63, 3.8) is 0 Å². The molecule has 0 aromatic rings. The second-order valence-corrected chi connectivity index (χ2v) is 9.36. The van der Waals surface area contributed by atoms with Crippen LogP contribution in [-0.2, 0) is 0 Å². The van der Waals surface area contributed by atoms with Crippen LogP contribution in [0.2, 0.25) is 0 Å². The molecule has 0 amide bonds. The van der Waals surface area contributed by atoms with E-state index >= 15 is 0 Å². The summed E-state index contributed by atoms with van der Waals surface area (Å²) in [6.07, 6.45) is 11.3. The number of allylic oxidation sites excluding steroid dienone is 5. The molecule has 0 aromatic heterocycles. The smallest absolute Gasteiger partial charge is 0.0436 e. The van der Waals surface area contributed by atoms with E-state index in [4.69, 9.17) is 0 Å². The molecule has 2 fully saturated rings. The van der Waals surface area contributed by atoms with Crippen LogP contribution in [0.25, 0.3) is 0 Å². The fourth-order valence-electron chi connectivity index (χ4n) is 7.61. The number of rotatable bonds is 4. The average Bonchev–Trinajstić information content (AvgIpc) is 3.02. The Hall–Kier alpha value is -0.860. The van der Waals surface area contributed by atoms with E-state index in [1.54, 1.807) is 5.57 Å². The summed E-state index contributed by atoms with van der Waals surface area (Å²) in [4.78, 5) is 0. The average molecular weight is 328 g/mol. The van der Waals surface area contributed by atoms with E-state index in [9.17, 15) is 10.2 Å². The highest BCUT2D eigenvalue weighted by Gasteiger charge is 2.81. The molecule has 0 radical (unpaired) electrons. The van der Waals surface area contributed by atoms with E-state index in [1.165, 1.54) is 5.57 Å². The van der Waals surface area contributed by atoms with E-state index in [0.29, 0.717) is 23.7 Å². The van der Waals surface area contributed by atoms with Gasteiger partial charge in [-0.05, 0) is 54.8 Å². The molecule has 2 N–H and O–H groups in total. The van der Waals surface area contributed by atoms with Crippen molar-refractivity contribution in [2.75, 3.05) is 13.2 Å². The van der Waals surface area contributed by atoms with E-state index in [-0.39, 0.29) is 29.5 Å². The van der Waals surface area contributed by atoms with Crippen LogP contribution in [0.15, 0.2) is 36.0 Å². The third-order valence-corrected chi connectivity index (χ3v) is 8.42. The van der Waals surface area contributed by atoms with E-state index in [0.717, 1.165) is 25.7 Å². The molecule has 0 aliphatic heterocycles. The SMILES string of the molecule is C=C1C=C2[C@H](CCO)C[C@@H](CCO)[C@@H]3CC=C[C@@]4([C@@H]1C4(C)C)[C@@]23C. The fourth-order valence-corrected chi connectivity index (χ4v) is 7.61. The summed E-state index contributed by atoms with van der Waals surface area (Å²) < 4.78 is 0. The van der Waals surface area contributed by atoms with Crippen molar-refractivity contribution >= 4 is 0 Å². The van der Waals surface area contributed by atoms with Gasteiger partial charge in [-0.15, -0.1) is 0 Å². The largest absolute Gasteiger partial charge is 0.396 e. The van der Waals surface area contributed by atoms with Gasteiger partial charge in [-0.3, -0.25) is 0 Å². The normalized spacial score (nSPS) is 47.7. The summed E-state index contributed by atoms with van der Waals surface area (Å²) in [6.45, 7) is 12.3. The first kappa shape index (κ1) is 16.6. The number of aliphatic hydroxyl groups is 2. The summed E-state index contributed by atoms with van der Waals surface area (Å²) in [5.41, 5.74) is 3.42. The molecule has 0 unspecified atom stereocenters. The second-order valence-electron chi connectivity index (χ2n) is 9.36. The monoisotopic (exact) mass is 328 g/mol. The fraction of sp³-hybridized carbons (Fsp3) is 0.727. The van der Waals surface area contributed by atoms with Crippen molar-refractivity contribution in [3.8, 4) is 0 Å². The van der Waals surface area contributed by atoms with Crippen molar-refractivity contribution in [2.45, 2.75) is 46.5 Å². The predicted molar refractivity (Wildman–Crippen MR) is 97.3 cm³/mol. The lowest BCUT2D eigenvalue weighted by Crippen LogP contribution is -2.52. The van der Waals surface area contributed by atoms with Crippen molar-refractivity contribution in [1.82, 2.24) is 0 Å². The van der Waals surface area contributed by atoms with Crippen molar-refractivity contribution < 1.29 is 10.2 Å². The van der Waals surface area contributed by atoms with E-state index in [2.05, 4.69) is 45.6 Å². The number of hydrogen-bond donors (Lipinski definition) is 2. The third-order valence-electron chi connectivity index (χ3n) is 8.42. The van der Waals surface area contributed by atoms with Crippen LogP contribution in [0, 0.1) is 39.9 Å². The summed E-state index contributed by atoms with van der Waals surface area (Å²) >= 11 is 0. The zero-order valence-electron chi connectivity index (χ0n) is 15.4. The molecule has 0 bridgehead atoms. The van der Waals surface area contributed by atoms with Crippen LogP contribution in [-0.4, -0.2) is 23.4 Å². The standard InChI is InChI=1S/C22H32O2/c1-14-12-18-16(8-11-24)13-15(7-10-23)17-6-5-9-22(21(17,18)4)19(14)20(22,2)3/h5,9,12,15-17,19,23-24H,1,6-8,10-11,13H2,2-4H3/t15-,16-,17+,19+,21-,22+/m1/s1. The van der Waals surface area contributed by atoms with Gasteiger partial charge in [-0.1, -0.05) is 56.7 Å². The van der Waals surface area contributed by atoms with Crippen LogP contribution < -0.4 is 0 Å². The minimum absolute atomic E-state index is 0.148. The Morgan fingerprint density at radius 1 is 1.17 bits per heavy atom. The van der Waals surface area contributed by atoms with Crippen LogP contribution in [0.3, 0.4) is 0 Å². The molecule has 4 rings (SSSR count). The Labute approximate surface area is 146 Å². The van der Waals surface area contributed by atoms with Gasteiger partial charge in [0, 0.05) is 24.0 Å². The van der Waals surface area contributed by atoms with Crippen LogP contribution in [0.1, 0.15) is 46.5 Å². The van der Waals surface area contributed by atoms with Gasteiger partial charge >= 0.3 is 0 Å². The highest BCUT2D eigenvalue weighted by Crippen LogP contribution is 2.86. The van der Waals surface area contributed by atoms with Gasteiger partial charge in [0.1, 0.15) is 0 Å². The summed E-state index contributed by atoms with van der Waals surface area (Å²) in [6, 6.07) is 0. The van der Waals surface area contributed by atoms with Gasteiger partial charge in [-0.25, -0.2) is 0 Å². The number of hydrogen-bond acceptors (Lipinski definition) is 2. The molecule has 0 saturated heterocycles. The lowest BCUT2D eigenvalue weighted by molar-refractivity contribution is -0.00264. The van der Waals surface area contributed by atoms with Gasteiger partial charge in [-0.2, -0.15) is 0 Å². The van der Waals surface area contributed by atoms with E-state index in [1.807, 2.05) is 0 Å². The highest BCUT2D eigenvalue weighted by molar-refractivity contribution is 5.54. The Bertz CT molecular complexity index is 628. The zero-order chi connectivity index (χ0) is 17.3. The third kappa shape index (κ3) is 1.65. The van der Waals surface area contributed by atoms with Gasteiger partial charge in [0.2, 0.25) is 0 Å². The minimum Gasteiger partial charge on any atom is -0.396 e. The van der Waals surface area contributed by atoms with Crippen LogP contribution in [0.5, 0.6) is 0 Å². The molecule has 0 heterocycles. The Morgan fingerprint density at radius 2 is 1.88 bits per heavy atom.